The van der Waals surface area contributed by atoms with E-state index in [0.29, 0.717) is 12.6 Å². The quantitative estimate of drug-likeness (QED) is 0.785. The molecule has 0 heterocycles. The largest absolute Gasteiger partial charge is 0.480 e. The first-order valence-electron chi connectivity index (χ1n) is 6.90. The summed E-state index contributed by atoms with van der Waals surface area (Å²) in [5.41, 5.74) is 0.915. The van der Waals surface area contributed by atoms with Crippen molar-refractivity contribution in [1.82, 2.24) is 9.62 Å². The first kappa shape index (κ1) is 15.9. The van der Waals surface area contributed by atoms with Crippen LogP contribution in [0.25, 0.3) is 0 Å². The molecule has 6 nitrogen and oxygen atoms in total. The van der Waals surface area contributed by atoms with E-state index in [9.17, 15) is 13.2 Å². The summed E-state index contributed by atoms with van der Waals surface area (Å²) >= 11 is 0. The molecule has 1 aromatic rings. The molecule has 2 rings (SSSR count). The molecule has 7 heteroatoms. The lowest BCUT2D eigenvalue weighted by Crippen LogP contribution is -2.42. The minimum Gasteiger partial charge on any atom is -0.480 e. The van der Waals surface area contributed by atoms with Crippen LogP contribution in [0.3, 0.4) is 0 Å². The fourth-order valence-corrected chi connectivity index (χ4v) is 3.10. The minimum absolute atomic E-state index is 0.0151. The summed E-state index contributed by atoms with van der Waals surface area (Å²) in [4.78, 5) is 13.1. The number of benzene rings is 1. The van der Waals surface area contributed by atoms with Crippen molar-refractivity contribution in [3.8, 4) is 0 Å². The molecular weight excluding hydrogens is 292 g/mol. The molecule has 1 aliphatic rings. The molecular formula is C14H20N2O4S. The highest BCUT2D eigenvalue weighted by Crippen LogP contribution is 2.26. The van der Waals surface area contributed by atoms with Gasteiger partial charge in [0, 0.05) is 12.6 Å². The molecule has 0 saturated heterocycles. The maximum absolute atomic E-state index is 11.6. The number of rotatable bonds is 7. The molecule has 0 aliphatic heterocycles. The first-order valence-corrected chi connectivity index (χ1v) is 8.39. The van der Waals surface area contributed by atoms with Gasteiger partial charge in [0.15, 0.2) is 0 Å². The van der Waals surface area contributed by atoms with Gasteiger partial charge in [0.25, 0.3) is 0 Å². The Morgan fingerprint density at radius 3 is 2.38 bits per heavy atom. The fourth-order valence-electron chi connectivity index (χ4n) is 2.37. The van der Waals surface area contributed by atoms with E-state index in [1.807, 2.05) is 4.90 Å². The van der Waals surface area contributed by atoms with E-state index in [1.54, 1.807) is 24.3 Å². The summed E-state index contributed by atoms with van der Waals surface area (Å²) in [7, 11) is -2.06. The van der Waals surface area contributed by atoms with Crippen LogP contribution in [0.4, 0.5) is 0 Å². The zero-order valence-corrected chi connectivity index (χ0v) is 12.8. The van der Waals surface area contributed by atoms with Gasteiger partial charge in [-0.1, -0.05) is 18.6 Å². The third kappa shape index (κ3) is 4.03. The first-order chi connectivity index (χ1) is 9.92. The van der Waals surface area contributed by atoms with Crippen molar-refractivity contribution in [1.29, 1.82) is 0 Å². The molecule has 0 radical (unpaired) electrons. The highest BCUT2D eigenvalue weighted by atomic mass is 32.2. The molecule has 1 saturated carbocycles. The normalized spacial score (nSPS) is 15.9. The summed E-state index contributed by atoms with van der Waals surface area (Å²) in [5, 5.41) is 8.98. The Balaban J connectivity index is 2.08. The van der Waals surface area contributed by atoms with E-state index in [1.165, 1.54) is 7.05 Å². The van der Waals surface area contributed by atoms with Gasteiger partial charge in [-0.2, -0.15) is 0 Å². The van der Waals surface area contributed by atoms with Crippen LogP contribution in [0.2, 0.25) is 0 Å². The molecule has 0 bridgehead atoms. The Bertz CT molecular complexity index is 594. The van der Waals surface area contributed by atoms with Crippen molar-refractivity contribution in [2.45, 2.75) is 36.7 Å². The van der Waals surface area contributed by atoms with E-state index in [0.717, 1.165) is 24.8 Å². The number of nitrogens with zero attached hydrogens (tertiary/aromatic N) is 1. The van der Waals surface area contributed by atoms with E-state index in [4.69, 9.17) is 5.11 Å². The zero-order chi connectivity index (χ0) is 15.5. The van der Waals surface area contributed by atoms with Crippen molar-refractivity contribution in [3.63, 3.8) is 0 Å². The van der Waals surface area contributed by atoms with E-state index >= 15 is 0 Å². The number of carboxylic acid groups (broad SMARTS) is 1. The van der Waals surface area contributed by atoms with Crippen LogP contribution in [-0.4, -0.2) is 44.0 Å². The average molecular weight is 312 g/mol. The van der Waals surface area contributed by atoms with Crippen LogP contribution in [0, 0.1) is 0 Å². The molecule has 1 aromatic carbocycles. The molecule has 1 aliphatic carbocycles. The summed E-state index contributed by atoms with van der Waals surface area (Å²) in [6.07, 6.45) is 3.19. The molecule has 0 amide bonds. The number of carbonyl (C=O) groups is 1. The minimum atomic E-state index is -3.43. The van der Waals surface area contributed by atoms with E-state index < -0.39 is 16.0 Å². The van der Waals surface area contributed by atoms with Gasteiger partial charge in [0.1, 0.15) is 0 Å². The Labute approximate surface area is 124 Å². The number of sulfonamides is 1. The van der Waals surface area contributed by atoms with Crippen molar-refractivity contribution in [3.05, 3.63) is 29.8 Å². The van der Waals surface area contributed by atoms with Gasteiger partial charge < -0.3 is 5.11 Å². The lowest BCUT2D eigenvalue weighted by Gasteiger charge is -2.36. The van der Waals surface area contributed by atoms with Crippen LogP contribution >= 0.6 is 0 Å². The number of hydrogen-bond donors (Lipinski definition) is 2. The van der Waals surface area contributed by atoms with E-state index in [2.05, 4.69) is 4.72 Å². The average Bonchev–Trinajstić information content (AvgIpc) is 2.36. The van der Waals surface area contributed by atoms with Crippen LogP contribution in [0.15, 0.2) is 29.2 Å². The Kier molecular flexibility index (Phi) is 4.97. The molecule has 2 N–H and O–H groups in total. The van der Waals surface area contributed by atoms with Crippen molar-refractivity contribution < 1.29 is 18.3 Å². The second-order valence-electron chi connectivity index (χ2n) is 5.23. The maximum Gasteiger partial charge on any atom is 0.317 e. The number of hydrogen-bond acceptors (Lipinski definition) is 4. The van der Waals surface area contributed by atoms with Gasteiger partial charge in [-0.25, -0.2) is 13.1 Å². The Morgan fingerprint density at radius 2 is 1.95 bits per heavy atom. The molecule has 0 spiro atoms. The smallest absolute Gasteiger partial charge is 0.317 e. The fraction of sp³-hybridized carbons (Fsp3) is 0.500. The molecule has 116 valence electrons. The topological polar surface area (TPSA) is 86.7 Å². The molecule has 21 heavy (non-hydrogen) atoms. The Morgan fingerprint density at radius 1 is 1.33 bits per heavy atom. The zero-order valence-electron chi connectivity index (χ0n) is 11.9. The van der Waals surface area contributed by atoms with Crippen LogP contribution in [-0.2, 0) is 21.4 Å². The summed E-state index contributed by atoms with van der Waals surface area (Å²) in [6.45, 7) is 0.540. The lowest BCUT2D eigenvalue weighted by atomic mass is 9.91. The summed E-state index contributed by atoms with van der Waals surface area (Å²) < 4.78 is 25.6. The van der Waals surface area contributed by atoms with Crippen LogP contribution in [0.5, 0.6) is 0 Å². The second kappa shape index (κ2) is 6.55. The van der Waals surface area contributed by atoms with Gasteiger partial charge in [-0.3, -0.25) is 9.69 Å². The summed E-state index contributed by atoms with van der Waals surface area (Å²) in [5.74, 6) is -0.837. The monoisotopic (exact) mass is 312 g/mol. The number of carboxylic acids is 1. The van der Waals surface area contributed by atoms with Gasteiger partial charge in [-0.15, -0.1) is 0 Å². The predicted molar refractivity (Wildman–Crippen MR) is 78.4 cm³/mol. The predicted octanol–water partition coefficient (Wildman–Crippen LogP) is 1.03. The number of aliphatic carboxylic acids is 1. The lowest BCUT2D eigenvalue weighted by molar-refractivity contribution is -0.139. The van der Waals surface area contributed by atoms with Gasteiger partial charge in [-0.05, 0) is 37.6 Å². The number of nitrogens with one attached hydrogen (secondary N) is 1. The van der Waals surface area contributed by atoms with Gasteiger partial charge >= 0.3 is 5.97 Å². The maximum atomic E-state index is 11.6. The van der Waals surface area contributed by atoms with Crippen LogP contribution < -0.4 is 4.72 Å². The highest BCUT2D eigenvalue weighted by molar-refractivity contribution is 7.89. The Hall–Kier alpha value is -1.44. The molecule has 0 atom stereocenters. The third-order valence-corrected chi connectivity index (χ3v) is 5.25. The van der Waals surface area contributed by atoms with Gasteiger partial charge in [0.05, 0.1) is 11.4 Å². The standard InChI is InChI=1S/C14H20N2O4S/c1-15-21(19,20)13-7-5-11(6-8-13)9-16(10-14(17)18)12-3-2-4-12/h5-8,12,15H,2-4,9-10H2,1H3,(H,17,18). The SMILES string of the molecule is CNS(=O)(=O)c1ccc(CN(CC(=O)O)C2CCC2)cc1. The van der Waals surface area contributed by atoms with E-state index in [-0.39, 0.29) is 11.4 Å². The second-order valence-corrected chi connectivity index (χ2v) is 7.12. The van der Waals surface area contributed by atoms with Crippen molar-refractivity contribution >= 4 is 16.0 Å². The third-order valence-electron chi connectivity index (χ3n) is 3.82. The highest BCUT2D eigenvalue weighted by Gasteiger charge is 2.26. The van der Waals surface area contributed by atoms with Crippen LogP contribution in [0.1, 0.15) is 24.8 Å². The van der Waals surface area contributed by atoms with Gasteiger partial charge in [0.2, 0.25) is 10.0 Å². The molecule has 1 fully saturated rings. The van der Waals surface area contributed by atoms with Crippen molar-refractivity contribution in [2.24, 2.45) is 0 Å². The molecule has 0 aromatic heterocycles. The summed E-state index contributed by atoms with van der Waals surface area (Å²) in [6, 6.07) is 6.87. The molecule has 0 unspecified atom stereocenters. The van der Waals surface area contributed by atoms with Crippen molar-refractivity contribution in [2.75, 3.05) is 13.6 Å².